The first-order valence-corrected chi connectivity index (χ1v) is 20.9. The van der Waals surface area contributed by atoms with Gasteiger partial charge in [-0.1, -0.05) is 196 Å². The highest BCUT2D eigenvalue weighted by molar-refractivity contribution is 5.98. The van der Waals surface area contributed by atoms with Gasteiger partial charge in [-0.25, -0.2) is 0 Å². The fraction of sp³-hybridized carbons (Fsp3) is 0.0508. The van der Waals surface area contributed by atoms with Crippen molar-refractivity contribution in [3.05, 3.63) is 236 Å². The summed E-state index contributed by atoms with van der Waals surface area (Å²) in [5.41, 5.74) is 18.4. The van der Waals surface area contributed by atoms with Gasteiger partial charge in [-0.3, -0.25) is 0 Å². The van der Waals surface area contributed by atoms with E-state index in [1.807, 2.05) is 0 Å². The molecule has 0 unspecified atom stereocenters. The lowest BCUT2D eigenvalue weighted by Gasteiger charge is -2.28. The Bertz CT molecular complexity index is 3060. The Morgan fingerprint density at radius 3 is 1.25 bits per heavy atom. The maximum atomic E-state index is 2.43. The quantitative estimate of drug-likeness (QED) is 0.156. The number of hydrogen-bond donors (Lipinski definition) is 0. The summed E-state index contributed by atoms with van der Waals surface area (Å²) in [6.07, 6.45) is 0. The summed E-state index contributed by atoms with van der Waals surface area (Å²) in [4.78, 5) is 2.42. The van der Waals surface area contributed by atoms with Gasteiger partial charge in [0.15, 0.2) is 0 Å². The molecule has 0 N–H and O–H groups in total. The van der Waals surface area contributed by atoms with Crippen LogP contribution in [0.25, 0.3) is 77.2 Å². The number of benzene rings is 10. The van der Waals surface area contributed by atoms with E-state index in [-0.39, 0.29) is 5.41 Å². The predicted molar refractivity (Wildman–Crippen MR) is 255 cm³/mol. The van der Waals surface area contributed by atoms with E-state index >= 15 is 0 Å². The molecule has 1 aliphatic carbocycles. The molecule has 0 heterocycles. The fourth-order valence-corrected chi connectivity index (χ4v) is 9.51. The Hall–Kier alpha value is -7.48. The lowest BCUT2D eigenvalue weighted by molar-refractivity contribution is 0.660. The molecule has 1 heteroatoms. The van der Waals surface area contributed by atoms with Crippen molar-refractivity contribution >= 4 is 38.6 Å². The molecule has 0 amide bonds. The van der Waals surface area contributed by atoms with Gasteiger partial charge in [0.05, 0.1) is 0 Å². The Morgan fingerprint density at radius 1 is 0.283 bits per heavy atom. The maximum absolute atomic E-state index is 2.43. The predicted octanol–water partition coefficient (Wildman–Crippen LogP) is 16.4. The molecule has 0 bridgehead atoms. The average Bonchev–Trinajstić information content (AvgIpc) is 3.54. The first-order valence-electron chi connectivity index (χ1n) is 20.9. The first-order chi connectivity index (χ1) is 29.5. The van der Waals surface area contributed by atoms with Gasteiger partial charge in [0.2, 0.25) is 0 Å². The number of fused-ring (bicyclic) bond motifs is 5. The van der Waals surface area contributed by atoms with Crippen LogP contribution in [-0.4, -0.2) is 0 Å². The lowest BCUT2D eigenvalue weighted by Crippen LogP contribution is -2.16. The Balaban J connectivity index is 0.982. The zero-order chi connectivity index (χ0) is 40.2. The highest BCUT2D eigenvalue weighted by atomic mass is 15.1. The van der Waals surface area contributed by atoms with Crippen molar-refractivity contribution in [3.8, 4) is 55.6 Å². The van der Waals surface area contributed by atoms with Crippen LogP contribution in [0.2, 0.25) is 0 Å². The molecule has 0 atom stereocenters. The van der Waals surface area contributed by atoms with Gasteiger partial charge in [0.1, 0.15) is 0 Å². The fourth-order valence-electron chi connectivity index (χ4n) is 9.51. The normalized spacial score (nSPS) is 12.6. The van der Waals surface area contributed by atoms with Crippen molar-refractivity contribution in [2.24, 2.45) is 0 Å². The third-order valence-electron chi connectivity index (χ3n) is 12.7. The van der Waals surface area contributed by atoms with Gasteiger partial charge >= 0.3 is 0 Å². The second kappa shape index (κ2) is 14.4. The molecule has 10 aromatic carbocycles. The molecule has 284 valence electrons. The molecule has 0 radical (unpaired) electrons. The Morgan fingerprint density at radius 2 is 0.683 bits per heavy atom. The monoisotopic (exact) mass is 765 g/mol. The first kappa shape index (κ1) is 35.7. The highest BCUT2D eigenvalue weighted by Crippen LogP contribution is 2.52. The summed E-state index contributed by atoms with van der Waals surface area (Å²) in [6.45, 7) is 4.76. The zero-order valence-electron chi connectivity index (χ0n) is 33.8. The summed E-state index contributed by atoms with van der Waals surface area (Å²) in [7, 11) is 0. The second-order valence-electron chi connectivity index (χ2n) is 16.5. The maximum Gasteiger partial charge on any atom is 0.0465 e. The molecule has 1 aliphatic rings. The molecular formula is C59H43N. The third kappa shape index (κ3) is 6.10. The molecule has 0 aliphatic heterocycles. The van der Waals surface area contributed by atoms with Gasteiger partial charge in [0.25, 0.3) is 0 Å². The van der Waals surface area contributed by atoms with E-state index in [2.05, 4.69) is 243 Å². The van der Waals surface area contributed by atoms with Crippen molar-refractivity contribution in [2.75, 3.05) is 4.90 Å². The van der Waals surface area contributed by atoms with Gasteiger partial charge in [0, 0.05) is 22.5 Å². The lowest BCUT2D eigenvalue weighted by atomic mass is 9.81. The van der Waals surface area contributed by atoms with Crippen molar-refractivity contribution in [3.63, 3.8) is 0 Å². The van der Waals surface area contributed by atoms with Crippen LogP contribution in [-0.2, 0) is 5.41 Å². The molecule has 0 saturated heterocycles. The van der Waals surface area contributed by atoms with Crippen LogP contribution in [0.4, 0.5) is 17.1 Å². The summed E-state index contributed by atoms with van der Waals surface area (Å²) in [6, 6.07) is 82.3. The summed E-state index contributed by atoms with van der Waals surface area (Å²) in [5, 5.41) is 5.03. The van der Waals surface area contributed by atoms with Gasteiger partial charge in [-0.2, -0.15) is 0 Å². The molecule has 0 spiro atoms. The van der Waals surface area contributed by atoms with Crippen LogP contribution in [0.15, 0.2) is 224 Å². The molecule has 11 rings (SSSR count). The molecule has 10 aromatic rings. The van der Waals surface area contributed by atoms with Crippen LogP contribution in [0.5, 0.6) is 0 Å². The van der Waals surface area contributed by atoms with Gasteiger partial charge in [-0.15, -0.1) is 0 Å². The molecule has 0 aromatic heterocycles. The van der Waals surface area contributed by atoms with Crippen LogP contribution in [0.3, 0.4) is 0 Å². The number of hydrogen-bond acceptors (Lipinski definition) is 1. The minimum absolute atomic E-state index is 0.192. The van der Waals surface area contributed by atoms with Crippen LogP contribution >= 0.6 is 0 Å². The van der Waals surface area contributed by atoms with Gasteiger partial charge < -0.3 is 4.90 Å². The SMILES string of the molecule is CC1(C)c2cc(-c3ccc(-c4ccccc4)cc3)ccc2-c2ccc(N(c3ccc(-c4cccc5ccccc45)cc3)c3ccc(-c4cccc5ccccc45)cc3)cc21. The van der Waals surface area contributed by atoms with E-state index in [1.165, 1.54) is 88.3 Å². The highest BCUT2D eigenvalue weighted by Gasteiger charge is 2.36. The summed E-state index contributed by atoms with van der Waals surface area (Å²) >= 11 is 0. The molecule has 1 nitrogen and oxygen atoms in total. The summed E-state index contributed by atoms with van der Waals surface area (Å²) < 4.78 is 0. The van der Waals surface area contributed by atoms with Crippen LogP contribution < -0.4 is 4.90 Å². The molecule has 0 fully saturated rings. The van der Waals surface area contributed by atoms with E-state index in [9.17, 15) is 0 Å². The average molecular weight is 766 g/mol. The largest absolute Gasteiger partial charge is 0.310 e. The van der Waals surface area contributed by atoms with E-state index in [1.54, 1.807) is 0 Å². The number of nitrogens with zero attached hydrogens (tertiary/aromatic N) is 1. The van der Waals surface area contributed by atoms with E-state index in [0.29, 0.717) is 0 Å². The second-order valence-corrected chi connectivity index (χ2v) is 16.5. The standard InChI is InChI=1S/C59H43N/c1-59(2)57-38-47(42-24-22-41(23-25-42)40-12-4-3-5-13-40)30-36-55(57)56-37-35-50(39-58(56)59)60(48-31-26-45(27-32-48)53-20-10-16-43-14-6-8-18-51(43)53)49-33-28-46(29-34-49)54-21-11-17-44-15-7-9-19-52(44)54/h3-39H,1-2H3. The van der Waals surface area contributed by atoms with Crippen molar-refractivity contribution in [1.82, 2.24) is 0 Å². The Kier molecular flexibility index (Phi) is 8.57. The van der Waals surface area contributed by atoms with E-state index in [0.717, 1.165) is 17.1 Å². The number of rotatable bonds is 7. The van der Waals surface area contributed by atoms with Crippen LogP contribution in [0, 0.1) is 0 Å². The van der Waals surface area contributed by atoms with Crippen molar-refractivity contribution < 1.29 is 0 Å². The van der Waals surface area contributed by atoms with Crippen molar-refractivity contribution in [2.45, 2.75) is 19.3 Å². The van der Waals surface area contributed by atoms with Gasteiger partial charge in [-0.05, 0) is 131 Å². The zero-order valence-corrected chi connectivity index (χ0v) is 33.8. The van der Waals surface area contributed by atoms with E-state index in [4.69, 9.17) is 0 Å². The van der Waals surface area contributed by atoms with Crippen LogP contribution in [0.1, 0.15) is 25.0 Å². The van der Waals surface area contributed by atoms with E-state index < -0.39 is 0 Å². The minimum Gasteiger partial charge on any atom is -0.310 e. The Labute approximate surface area is 352 Å². The molecule has 0 saturated carbocycles. The number of anilines is 3. The summed E-state index contributed by atoms with van der Waals surface area (Å²) in [5.74, 6) is 0. The molecular weight excluding hydrogens is 723 g/mol. The topological polar surface area (TPSA) is 3.24 Å². The van der Waals surface area contributed by atoms with Crippen molar-refractivity contribution in [1.29, 1.82) is 0 Å². The minimum atomic E-state index is -0.192. The smallest absolute Gasteiger partial charge is 0.0465 e. The third-order valence-corrected chi connectivity index (χ3v) is 12.7. The molecule has 60 heavy (non-hydrogen) atoms.